The molecule has 0 bridgehead atoms. The molecule has 0 fully saturated rings. The summed E-state index contributed by atoms with van der Waals surface area (Å²) in [6, 6.07) is 5.13. The van der Waals surface area contributed by atoms with Crippen molar-refractivity contribution < 1.29 is 0 Å². The molecule has 0 spiro atoms. The maximum atomic E-state index is 8.33. The maximum Gasteiger partial charge on any atom is 0.129 e. The molecule has 4 heteroatoms. The van der Waals surface area contributed by atoms with Gasteiger partial charge >= 0.3 is 0 Å². The Morgan fingerprint density at radius 2 is 2.50 bits per heavy atom. The number of nitrogens with one attached hydrogen (secondary N) is 1. The number of halogens is 1. The molecule has 0 aromatic carbocycles. The first-order valence-electron chi connectivity index (χ1n) is 3.30. The Morgan fingerprint density at radius 1 is 1.75 bits per heavy atom. The molecule has 1 N–H and O–H groups in total. The van der Waals surface area contributed by atoms with Crippen LogP contribution in [0.15, 0.2) is 18.3 Å². The zero-order chi connectivity index (χ0) is 8.97. The molecule has 12 heavy (non-hydrogen) atoms. The number of nitriles is 1. The highest BCUT2D eigenvalue weighted by atomic mass is 35.5. The molecule has 1 aromatic rings. The third-order valence-corrected chi connectivity index (χ3v) is 1.54. The Bertz CT molecular complexity index is 340. The van der Waals surface area contributed by atoms with Crippen molar-refractivity contribution in [3.05, 3.63) is 29.0 Å². The van der Waals surface area contributed by atoms with E-state index < -0.39 is 0 Å². The van der Waals surface area contributed by atoms with Gasteiger partial charge < -0.3 is 5.41 Å². The summed E-state index contributed by atoms with van der Waals surface area (Å²) in [6.45, 7) is 0. The van der Waals surface area contributed by atoms with Gasteiger partial charge in [0.25, 0.3) is 0 Å². The van der Waals surface area contributed by atoms with Crippen molar-refractivity contribution in [2.45, 2.75) is 6.42 Å². The highest BCUT2D eigenvalue weighted by Crippen LogP contribution is 2.08. The Hall–Kier alpha value is -1.40. The van der Waals surface area contributed by atoms with Gasteiger partial charge in [0.2, 0.25) is 0 Å². The number of nitrogens with zero attached hydrogens (tertiary/aromatic N) is 2. The van der Waals surface area contributed by atoms with E-state index in [1.165, 1.54) is 6.20 Å². The van der Waals surface area contributed by atoms with E-state index in [-0.39, 0.29) is 12.1 Å². The highest BCUT2D eigenvalue weighted by Gasteiger charge is 2.00. The smallest absolute Gasteiger partial charge is 0.129 e. The molecule has 0 unspecified atom stereocenters. The van der Waals surface area contributed by atoms with Crippen LogP contribution >= 0.6 is 11.6 Å². The van der Waals surface area contributed by atoms with Gasteiger partial charge in [0.1, 0.15) is 5.15 Å². The minimum absolute atomic E-state index is 0.0976. The zero-order valence-corrected chi connectivity index (χ0v) is 6.97. The molecule has 1 rings (SSSR count). The minimum atomic E-state index is 0.0976. The van der Waals surface area contributed by atoms with Gasteiger partial charge in [0.15, 0.2) is 0 Å². The standard InChI is InChI=1S/C8H6ClN3/c9-8-5-6(2-4-12-8)7(11)1-3-10/h2,4-5,11H,1H2. The highest BCUT2D eigenvalue weighted by molar-refractivity contribution is 6.29. The third-order valence-electron chi connectivity index (χ3n) is 1.33. The maximum absolute atomic E-state index is 8.33. The molecule has 0 aliphatic rings. The fourth-order valence-corrected chi connectivity index (χ4v) is 0.945. The summed E-state index contributed by atoms with van der Waals surface area (Å²) in [7, 11) is 0. The quantitative estimate of drug-likeness (QED) is 0.558. The molecular weight excluding hydrogens is 174 g/mol. The number of pyridine rings is 1. The summed E-state index contributed by atoms with van der Waals surface area (Å²) in [5.74, 6) is 0. The van der Waals surface area contributed by atoms with Gasteiger partial charge in [0, 0.05) is 11.8 Å². The topological polar surface area (TPSA) is 60.5 Å². The van der Waals surface area contributed by atoms with Crippen LogP contribution < -0.4 is 0 Å². The van der Waals surface area contributed by atoms with Gasteiger partial charge in [-0.05, 0) is 12.1 Å². The molecule has 1 aromatic heterocycles. The summed E-state index contributed by atoms with van der Waals surface area (Å²) >= 11 is 5.60. The van der Waals surface area contributed by atoms with Crippen LogP contribution in [0.2, 0.25) is 5.15 Å². The lowest BCUT2D eigenvalue weighted by Gasteiger charge is -1.97. The second kappa shape index (κ2) is 3.84. The average Bonchev–Trinajstić information content (AvgIpc) is 2.05. The number of hydrogen-bond donors (Lipinski definition) is 1. The molecule has 60 valence electrons. The summed E-state index contributed by atoms with van der Waals surface area (Å²) in [5, 5.41) is 16.1. The molecule has 0 aliphatic heterocycles. The minimum Gasteiger partial charge on any atom is -0.304 e. The summed E-state index contributed by atoms with van der Waals surface area (Å²) in [5.41, 5.74) is 0.915. The van der Waals surface area contributed by atoms with Crippen LogP contribution in [0.1, 0.15) is 12.0 Å². The van der Waals surface area contributed by atoms with E-state index in [0.717, 1.165) is 0 Å². The molecule has 0 radical (unpaired) electrons. The van der Waals surface area contributed by atoms with Crippen molar-refractivity contribution in [3.63, 3.8) is 0 Å². The normalized spacial score (nSPS) is 9.00. The van der Waals surface area contributed by atoms with Gasteiger partial charge in [-0.25, -0.2) is 4.98 Å². The van der Waals surface area contributed by atoms with E-state index in [2.05, 4.69) is 4.98 Å². The van der Waals surface area contributed by atoms with Crippen LogP contribution in [0.25, 0.3) is 0 Å². The second-order valence-corrected chi connectivity index (χ2v) is 2.57. The lowest BCUT2D eigenvalue weighted by molar-refractivity contribution is 1.29. The van der Waals surface area contributed by atoms with Crippen LogP contribution in [0, 0.1) is 16.7 Å². The van der Waals surface area contributed by atoms with Gasteiger partial charge in [-0.15, -0.1) is 0 Å². The zero-order valence-electron chi connectivity index (χ0n) is 6.21. The number of aromatic nitrogens is 1. The van der Waals surface area contributed by atoms with Crippen molar-refractivity contribution in [1.82, 2.24) is 4.98 Å². The van der Waals surface area contributed by atoms with E-state index in [1.807, 2.05) is 6.07 Å². The van der Waals surface area contributed by atoms with E-state index in [0.29, 0.717) is 10.7 Å². The summed E-state index contributed by atoms with van der Waals surface area (Å²) in [4.78, 5) is 3.77. The lowest BCUT2D eigenvalue weighted by atomic mass is 10.1. The SMILES string of the molecule is N#CCC(=N)c1ccnc(Cl)c1. The van der Waals surface area contributed by atoms with Crippen molar-refractivity contribution >= 4 is 17.3 Å². The first-order chi connectivity index (χ1) is 5.74. The largest absolute Gasteiger partial charge is 0.304 e. The molecule has 0 aliphatic carbocycles. The van der Waals surface area contributed by atoms with Gasteiger partial charge in [0.05, 0.1) is 18.2 Å². The Labute approximate surface area is 75.1 Å². The van der Waals surface area contributed by atoms with Gasteiger partial charge in [-0.3, -0.25) is 0 Å². The first-order valence-corrected chi connectivity index (χ1v) is 3.68. The molecule has 3 nitrogen and oxygen atoms in total. The van der Waals surface area contributed by atoms with E-state index in [1.54, 1.807) is 12.1 Å². The van der Waals surface area contributed by atoms with Crippen molar-refractivity contribution in [3.8, 4) is 6.07 Å². The Morgan fingerprint density at radius 3 is 3.08 bits per heavy atom. The first kappa shape index (κ1) is 8.69. The third kappa shape index (κ3) is 2.04. The molecule has 0 amide bonds. The number of hydrogen-bond acceptors (Lipinski definition) is 3. The van der Waals surface area contributed by atoms with Gasteiger partial charge in [-0.2, -0.15) is 5.26 Å². The molecule has 0 saturated carbocycles. The molecule has 0 saturated heterocycles. The monoisotopic (exact) mass is 179 g/mol. The van der Waals surface area contributed by atoms with Crippen molar-refractivity contribution in [2.75, 3.05) is 0 Å². The fraction of sp³-hybridized carbons (Fsp3) is 0.125. The van der Waals surface area contributed by atoms with Crippen LogP contribution in [-0.4, -0.2) is 10.7 Å². The summed E-state index contributed by atoms with van der Waals surface area (Å²) in [6.07, 6.45) is 1.62. The Balaban J connectivity index is 2.90. The van der Waals surface area contributed by atoms with Crippen LogP contribution in [-0.2, 0) is 0 Å². The van der Waals surface area contributed by atoms with Crippen molar-refractivity contribution in [1.29, 1.82) is 10.7 Å². The van der Waals surface area contributed by atoms with Gasteiger partial charge in [-0.1, -0.05) is 11.6 Å². The number of rotatable bonds is 2. The van der Waals surface area contributed by atoms with E-state index in [4.69, 9.17) is 22.3 Å². The Kier molecular flexibility index (Phi) is 2.78. The predicted octanol–water partition coefficient (Wildman–Crippen LogP) is 2.02. The van der Waals surface area contributed by atoms with Crippen LogP contribution in [0.4, 0.5) is 0 Å². The van der Waals surface area contributed by atoms with Crippen molar-refractivity contribution in [2.24, 2.45) is 0 Å². The average molecular weight is 180 g/mol. The lowest BCUT2D eigenvalue weighted by Crippen LogP contribution is -1.97. The van der Waals surface area contributed by atoms with Crippen LogP contribution in [0.3, 0.4) is 0 Å². The molecule has 0 atom stereocenters. The second-order valence-electron chi connectivity index (χ2n) is 2.18. The van der Waals surface area contributed by atoms with Crippen LogP contribution in [0.5, 0.6) is 0 Å². The van der Waals surface area contributed by atoms with E-state index in [9.17, 15) is 0 Å². The predicted molar refractivity (Wildman–Crippen MR) is 46.3 cm³/mol. The van der Waals surface area contributed by atoms with E-state index >= 15 is 0 Å². The molecular formula is C8H6ClN3. The molecule has 1 heterocycles. The fourth-order valence-electron chi connectivity index (χ4n) is 0.771. The summed E-state index contributed by atoms with van der Waals surface area (Å²) < 4.78 is 0.